The van der Waals surface area contributed by atoms with Crippen molar-refractivity contribution in [2.45, 2.75) is 25.9 Å². The number of ether oxygens (including phenoxy) is 2. The average Bonchev–Trinajstić information content (AvgIpc) is 3.43. The molecule has 2 aromatic carbocycles. The third-order valence-corrected chi connectivity index (χ3v) is 4.90. The van der Waals surface area contributed by atoms with E-state index in [4.69, 9.17) is 13.9 Å². The first-order valence-electron chi connectivity index (χ1n) is 9.64. The molecular formula is C22H21N3O5. The van der Waals surface area contributed by atoms with Gasteiger partial charge in [-0.05, 0) is 61.9 Å². The van der Waals surface area contributed by atoms with Crippen LogP contribution in [0.4, 0.5) is 5.69 Å². The van der Waals surface area contributed by atoms with Crippen molar-refractivity contribution in [2.24, 2.45) is 0 Å². The Kier molecular flexibility index (Phi) is 5.47. The van der Waals surface area contributed by atoms with Crippen molar-refractivity contribution >= 4 is 17.6 Å². The molecule has 0 radical (unpaired) electrons. The quantitative estimate of drug-likeness (QED) is 0.574. The number of carbonyl (C=O) groups is 2. The second-order valence-electron chi connectivity index (χ2n) is 6.92. The molecular weight excluding hydrogens is 386 g/mol. The first-order chi connectivity index (χ1) is 14.5. The Bertz CT molecular complexity index is 1040. The molecule has 1 fully saturated rings. The number of amides is 1. The zero-order valence-corrected chi connectivity index (χ0v) is 16.7. The van der Waals surface area contributed by atoms with Crippen molar-refractivity contribution in [3.63, 3.8) is 0 Å². The molecule has 1 aliphatic heterocycles. The predicted octanol–water partition coefficient (Wildman–Crippen LogP) is 3.79. The lowest BCUT2D eigenvalue weighted by Gasteiger charge is -2.16. The number of hydrogen-bond donors (Lipinski definition) is 0. The second-order valence-corrected chi connectivity index (χ2v) is 6.92. The van der Waals surface area contributed by atoms with Crippen molar-refractivity contribution < 1.29 is 23.5 Å². The minimum Gasteiger partial charge on any atom is -0.497 e. The van der Waals surface area contributed by atoms with E-state index < -0.39 is 12.1 Å². The van der Waals surface area contributed by atoms with Crippen LogP contribution in [0.1, 0.15) is 42.1 Å². The van der Waals surface area contributed by atoms with Gasteiger partial charge in [-0.1, -0.05) is 0 Å². The maximum absolute atomic E-state index is 12.5. The first kappa shape index (κ1) is 19.6. The highest BCUT2D eigenvalue weighted by Gasteiger charge is 2.23. The van der Waals surface area contributed by atoms with Gasteiger partial charge in [-0.2, -0.15) is 0 Å². The maximum atomic E-state index is 12.5. The largest absolute Gasteiger partial charge is 0.497 e. The van der Waals surface area contributed by atoms with Gasteiger partial charge in [0.25, 0.3) is 5.89 Å². The predicted molar refractivity (Wildman–Crippen MR) is 108 cm³/mol. The number of carbonyl (C=O) groups excluding carboxylic acids is 2. The first-order valence-corrected chi connectivity index (χ1v) is 9.64. The highest BCUT2D eigenvalue weighted by atomic mass is 16.6. The van der Waals surface area contributed by atoms with Gasteiger partial charge in [-0.15, -0.1) is 10.2 Å². The highest BCUT2D eigenvalue weighted by Crippen LogP contribution is 2.26. The zero-order chi connectivity index (χ0) is 21.1. The fourth-order valence-corrected chi connectivity index (χ4v) is 3.23. The molecule has 0 saturated carbocycles. The number of aromatic nitrogens is 2. The monoisotopic (exact) mass is 407 g/mol. The van der Waals surface area contributed by atoms with E-state index in [0.717, 1.165) is 23.4 Å². The molecule has 8 nitrogen and oxygen atoms in total. The summed E-state index contributed by atoms with van der Waals surface area (Å²) in [6.07, 6.45) is 0.698. The molecule has 1 amide bonds. The van der Waals surface area contributed by atoms with Gasteiger partial charge >= 0.3 is 5.97 Å². The van der Waals surface area contributed by atoms with E-state index in [1.54, 1.807) is 67.5 Å². The van der Waals surface area contributed by atoms with Crippen molar-refractivity contribution in [1.29, 1.82) is 0 Å². The third kappa shape index (κ3) is 4.03. The van der Waals surface area contributed by atoms with E-state index >= 15 is 0 Å². The molecule has 1 aromatic heterocycles. The summed E-state index contributed by atoms with van der Waals surface area (Å²) in [5.74, 6) is 0.846. The SMILES string of the molecule is COc1ccc(-c2nnc([C@H](C)OC(=O)c3ccc(N4CCCC4=O)cc3)o2)cc1. The molecule has 4 rings (SSSR count). The Labute approximate surface area is 173 Å². The summed E-state index contributed by atoms with van der Waals surface area (Å²) in [7, 11) is 1.59. The van der Waals surface area contributed by atoms with Crippen LogP contribution in [-0.4, -0.2) is 35.7 Å². The van der Waals surface area contributed by atoms with E-state index in [1.807, 2.05) is 0 Å². The molecule has 1 saturated heterocycles. The lowest BCUT2D eigenvalue weighted by Crippen LogP contribution is -2.23. The van der Waals surface area contributed by atoms with Gasteiger partial charge in [0, 0.05) is 24.2 Å². The van der Waals surface area contributed by atoms with E-state index in [-0.39, 0.29) is 11.8 Å². The van der Waals surface area contributed by atoms with Crippen LogP contribution in [0.3, 0.4) is 0 Å². The van der Waals surface area contributed by atoms with Crippen molar-refractivity contribution in [3.8, 4) is 17.2 Å². The second kappa shape index (κ2) is 8.36. The molecule has 1 atom stereocenters. The van der Waals surface area contributed by atoms with E-state index in [9.17, 15) is 9.59 Å². The Morgan fingerprint density at radius 1 is 1.10 bits per heavy atom. The number of methoxy groups -OCH3 is 1. The lowest BCUT2D eigenvalue weighted by atomic mass is 10.2. The fraction of sp³-hybridized carbons (Fsp3) is 0.273. The van der Waals surface area contributed by atoms with Gasteiger partial charge < -0.3 is 18.8 Å². The summed E-state index contributed by atoms with van der Waals surface area (Å²) >= 11 is 0. The summed E-state index contributed by atoms with van der Waals surface area (Å²) in [5, 5.41) is 8.01. The van der Waals surface area contributed by atoms with E-state index in [2.05, 4.69) is 10.2 Å². The van der Waals surface area contributed by atoms with Gasteiger partial charge in [0.15, 0.2) is 6.10 Å². The normalized spacial score (nSPS) is 14.6. The number of esters is 1. The maximum Gasteiger partial charge on any atom is 0.338 e. The number of rotatable bonds is 6. The standard InChI is InChI=1S/C22H21N3O5/c1-14(20-23-24-21(30-20)15-7-11-18(28-2)12-8-15)29-22(27)16-5-9-17(10-6-16)25-13-3-4-19(25)26/h5-12,14H,3-4,13H2,1-2H3/t14-/m0/s1. The van der Waals surface area contributed by atoms with Gasteiger partial charge in [-0.3, -0.25) is 4.79 Å². The molecule has 0 aliphatic carbocycles. The minimum atomic E-state index is -0.711. The van der Waals surface area contributed by atoms with Crippen LogP contribution in [0.15, 0.2) is 52.9 Å². The number of anilines is 1. The van der Waals surface area contributed by atoms with Crippen LogP contribution in [0, 0.1) is 0 Å². The highest BCUT2D eigenvalue weighted by molar-refractivity contribution is 5.96. The number of benzene rings is 2. The molecule has 1 aliphatic rings. The van der Waals surface area contributed by atoms with Crippen LogP contribution in [-0.2, 0) is 9.53 Å². The van der Waals surface area contributed by atoms with E-state index in [0.29, 0.717) is 24.4 Å². The van der Waals surface area contributed by atoms with Gasteiger partial charge in [-0.25, -0.2) is 4.79 Å². The van der Waals surface area contributed by atoms with Gasteiger partial charge in [0.1, 0.15) is 5.75 Å². The van der Waals surface area contributed by atoms with Crippen molar-refractivity contribution in [1.82, 2.24) is 10.2 Å². The molecule has 2 heterocycles. The van der Waals surface area contributed by atoms with Crippen LogP contribution >= 0.6 is 0 Å². The number of nitrogens with zero attached hydrogens (tertiary/aromatic N) is 3. The Morgan fingerprint density at radius 3 is 2.47 bits per heavy atom. The summed E-state index contributed by atoms with van der Waals surface area (Å²) in [4.78, 5) is 26.0. The topological polar surface area (TPSA) is 94.8 Å². The third-order valence-electron chi connectivity index (χ3n) is 4.90. The van der Waals surface area contributed by atoms with Crippen LogP contribution < -0.4 is 9.64 Å². The molecule has 154 valence electrons. The molecule has 0 spiro atoms. The molecule has 3 aromatic rings. The smallest absolute Gasteiger partial charge is 0.338 e. The van der Waals surface area contributed by atoms with Crippen LogP contribution in [0.25, 0.3) is 11.5 Å². The average molecular weight is 407 g/mol. The van der Waals surface area contributed by atoms with E-state index in [1.165, 1.54) is 0 Å². The molecule has 30 heavy (non-hydrogen) atoms. The lowest BCUT2D eigenvalue weighted by molar-refractivity contribution is -0.117. The molecule has 0 N–H and O–H groups in total. The molecule has 8 heteroatoms. The summed E-state index contributed by atoms with van der Waals surface area (Å²) in [6, 6.07) is 14.0. The van der Waals surface area contributed by atoms with Crippen molar-refractivity contribution in [3.05, 3.63) is 60.0 Å². The molecule has 0 bridgehead atoms. The minimum absolute atomic E-state index is 0.100. The van der Waals surface area contributed by atoms with Crippen LogP contribution in [0.5, 0.6) is 5.75 Å². The summed E-state index contributed by atoms with van der Waals surface area (Å²) < 4.78 is 16.2. The Hall–Kier alpha value is -3.68. The van der Waals surface area contributed by atoms with Gasteiger partial charge in [0.2, 0.25) is 11.8 Å². The molecule has 0 unspecified atom stereocenters. The number of hydrogen-bond acceptors (Lipinski definition) is 7. The van der Waals surface area contributed by atoms with Crippen LogP contribution in [0.2, 0.25) is 0 Å². The fourth-order valence-electron chi connectivity index (χ4n) is 3.23. The summed E-state index contributed by atoms with van der Waals surface area (Å²) in [5.41, 5.74) is 1.90. The van der Waals surface area contributed by atoms with Gasteiger partial charge in [0.05, 0.1) is 12.7 Å². The van der Waals surface area contributed by atoms with Crippen molar-refractivity contribution in [2.75, 3.05) is 18.6 Å². The zero-order valence-electron chi connectivity index (χ0n) is 16.7. The Balaban J connectivity index is 1.41. The Morgan fingerprint density at radius 2 is 1.83 bits per heavy atom. The summed E-state index contributed by atoms with van der Waals surface area (Å²) in [6.45, 7) is 2.37.